The first-order valence-corrected chi connectivity index (χ1v) is 8.76. The molecule has 0 bridgehead atoms. The minimum atomic E-state index is -1.44. The molecule has 0 fully saturated rings. The van der Waals surface area contributed by atoms with Crippen LogP contribution in [0.15, 0.2) is 40.9 Å². The molecule has 0 aliphatic rings. The first-order chi connectivity index (χ1) is 7.58. The van der Waals surface area contributed by atoms with Gasteiger partial charge in [0.15, 0.2) is 0 Å². The Morgan fingerprint density at radius 2 is 1.88 bits per heavy atom. The zero-order chi connectivity index (χ0) is 11.6. The molecule has 2 nitrogen and oxygen atoms in total. The second kappa shape index (κ2) is 4.26. The molecule has 84 valence electrons. The monoisotopic (exact) mass is 231 g/mol. The number of hydrogen-bond donors (Lipinski definition) is 0. The molecule has 2 rings (SSSR count). The number of aromatic nitrogens is 1. The predicted octanol–water partition coefficient (Wildman–Crippen LogP) is 2.68. The van der Waals surface area contributed by atoms with Gasteiger partial charge in [-0.05, 0) is 6.92 Å². The Bertz CT molecular complexity index is 462. The fourth-order valence-electron chi connectivity index (χ4n) is 1.93. The fraction of sp³-hybridized carbons (Fsp3) is 0.308. The van der Waals surface area contributed by atoms with E-state index in [1.54, 1.807) is 0 Å². The molecule has 0 aliphatic carbocycles. The van der Waals surface area contributed by atoms with Gasteiger partial charge in [-0.15, -0.1) is 0 Å². The van der Waals surface area contributed by atoms with Crippen molar-refractivity contribution in [2.24, 2.45) is 0 Å². The second-order valence-corrected chi connectivity index (χ2v) is 9.56. The molecule has 1 heterocycles. The minimum absolute atomic E-state index is 0.966. The van der Waals surface area contributed by atoms with Crippen LogP contribution in [0.25, 0.3) is 0 Å². The van der Waals surface area contributed by atoms with Crippen LogP contribution in [0.2, 0.25) is 13.1 Å². The van der Waals surface area contributed by atoms with E-state index in [9.17, 15) is 0 Å². The maximum Gasteiger partial charge on any atom is 0.134 e. The van der Waals surface area contributed by atoms with Crippen LogP contribution in [0.1, 0.15) is 11.5 Å². The lowest BCUT2D eigenvalue weighted by Crippen LogP contribution is -2.43. The maximum atomic E-state index is 5.31. The van der Waals surface area contributed by atoms with Crippen molar-refractivity contribution in [2.45, 2.75) is 26.1 Å². The van der Waals surface area contributed by atoms with Crippen molar-refractivity contribution in [1.82, 2.24) is 5.16 Å². The van der Waals surface area contributed by atoms with Gasteiger partial charge in [0.25, 0.3) is 0 Å². The lowest BCUT2D eigenvalue weighted by Gasteiger charge is -2.21. The highest BCUT2D eigenvalue weighted by Crippen LogP contribution is 2.13. The Labute approximate surface area is 97.3 Å². The molecule has 1 aromatic carbocycles. The van der Waals surface area contributed by atoms with E-state index in [2.05, 4.69) is 48.6 Å². The largest absolute Gasteiger partial charge is 0.361 e. The van der Waals surface area contributed by atoms with Crippen LogP contribution in [0, 0.1) is 6.92 Å². The average molecular weight is 231 g/mol. The molecule has 1 aromatic heterocycles. The van der Waals surface area contributed by atoms with Gasteiger partial charge in [0, 0.05) is 12.1 Å². The Morgan fingerprint density at radius 1 is 1.19 bits per heavy atom. The van der Waals surface area contributed by atoms with Crippen molar-refractivity contribution < 1.29 is 4.52 Å². The summed E-state index contributed by atoms with van der Waals surface area (Å²) in [6.07, 6.45) is 0. The van der Waals surface area contributed by atoms with Gasteiger partial charge in [0.1, 0.15) is 5.76 Å². The summed E-state index contributed by atoms with van der Waals surface area (Å²) in [6.45, 7) is 6.68. The highest BCUT2D eigenvalue weighted by molar-refractivity contribution is 6.89. The molecular weight excluding hydrogens is 214 g/mol. The Kier molecular flexibility index (Phi) is 2.96. The summed E-state index contributed by atoms with van der Waals surface area (Å²) in [5, 5.41) is 5.40. The van der Waals surface area contributed by atoms with Gasteiger partial charge in [-0.2, -0.15) is 0 Å². The molecule has 0 atom stereocenters. The third-order valence-corrected chi connectivity index (χ3v) is 5.98. The van der Waals surface area contributed by atoms with Crippen LogP contribution in [0.4, 0.5) is 0 Å². The van der Waals surface area contributed by atoms with E-state index in [-0.39, 0.29) is 0 Å². The normalized spacial score (nSPS) is 11.7. The number of benzene rings is 1. The van der Waals surface area contributed by atoms with Crippen molar-refractivity contribution in [3.8, 4) is 0 Å². The van der Waals surface area contributed by atoms with Crippen LogP contribution in [-0.4, -0.2) is 13.2 Å². The molecular formula is C13H17NOSi. The van der Waals surface area contributed by atoms with Crippen molar-refractivity contribution in [3.05, 3.63) is 47.9 Å². The summed E-state index contributed by atoms with van der Waals surface area (Å²) in [6, 6.07) is 13.8. The molecule has 0 saturated carbocycles. The van der Waals surface area contributed by atoms with Crippen LogP contribution in [-0.2, 0) is 6.04 Å². The van der Waals surface area contributed by atoms with Gasteiger partial charge in [-0.1, -0.05) is 53.8 Å². The lowest BCUT2D eigenvalue weighted by atomic mass is 10.4. The van der Waals surface area contributed by atoms with Gasteiger partial charge in [0.05, 0.1) is 13.8 Å². The van der Waals surface area contributed by atoms with Gasteiger partial charge >= 0.3 is 0 Å². The number of rotatable bonds is 3. The Balaban J connectivity index is 2.20. The zero-order valence-electron chi connectivity index (χ0n) is 10.0. The summed E-state index contributed by atoms with van der Waals surface area (Å²) in [5.41, 5.74) is 0.966. The van der Waals surface area contributed by atoms with Gasteiger partial charge in [-0.25, -0.2) is 0 Å². The smallest absolute Gasteiger partial charge is 0.134 e. The van der Waals surface area contributed by atoms with Crippen LogP contribution in [0.5, 0.6) is 0 Å². The first-order valence-electron chi connectivity index (χ1n) is 5.56. The summed E-state index contributed by atoms with van der Waals surface area (Å²) in [7, 11) is -1.44. The van der Waals surface area contributed by atoms with E-state index in [1.165, 1.54) is 5.19 Å². The zero-order valence-corrected chi connectivity index (χ0v) is 11.0. The maximum absolute atomic E-state index is 5.31. The number of aryl methyl sites for hydroxylation is 1. The molecule has 3 heteroatoms. The van der Waals surface area contributed by atoms with Crippen molar-refractivity contribution >= 4 is 13.3 Å². The van der Waals surface area contributed by atoms with E-state index in [1.807, 2.05) is 13.0 Å². The molecule has 0 radical (unpaired) electrons. The molecule has 0 saturated heterocycles. The topological polar surface area (TPSA) is 26.0 Å². The van der Waals surface area contributed by atoms with Crippen molar-refractivity contribution in [1.29, 1.82) is 0 Å². The fourth-order valence-corrected chi connectivity index (χ4v) is 4.26. The first kappa shape index (κ1) is 11.1. The number of hydrogen-bond acceptors (Lipinski definition) is 2. The van der Waals surface area contributed by atoms with Gasteiger partial charge < -0.3 is 4.52 Å². The van der Waals surface area contributed by atoms with E-state index < -0.39 is 8.07 Å². The van der Waals surface area contributed by atoms with Gasteiger partial charge in [-0.3, -0.25) is 0 Å². The lowest BCUT2D eigenvalue weighted by molar-refractivity contribution is 0.389. The SMILES string of the molecule is Cc1cc(C[Si](C)(C)c2ccccc2)on1. The van der Waals surface area contributed by atoms with Crippen LogP contribution in [0.3, 0.4) is 0 Å². The minimum Gasteiger partial charge on any atom is -0.361 e. The molecule has 0 aliphatic heterocycles. The average Bonchev–Trinajstić information content (AvgIpc) is 2.64. The van der Waals surface area contributed by atoms with Gasteiger partial charge in [0.2, 0.25) is 0 Å². The summed E-state index contributed by atoms with van der Waals surface area (Å²) in [5.74, 6) is 1.01. The van der Waals surface area contributed by atoms with Crippen LogP contribution >= 0.6 is 0 Å². The van der Waals surface area contributed by atoms with E-state index in [0.717, 1.165) is 17.5 Å². The quantitative estimate of drug-likeness (QED) is 0.759. The third-order valence-electron chi connectivity index (χ3n) is 2.85. The molecule has 2 aromatic rings. The summed E-state index contributed by atoms with van der Waals surface area (Å²) in [4.78, 5) is 0. The van der Waals surface area contributed by atoms with E-state index in [0.29, 0.717) is 0 Å². The van der Waals surface area contributed by atoms with Crippen molar-refractivity contribution in [2.75, 3.05) is 0 Å². The summed E-state index contributed by atoms with van der Waals surface area (Å²) < 4.78 is 5.31. The summed E-state index contributed by atoms with van der Waals surface area (Å²) >= 11 is 0. The number of nitrogens with zero attached hydrogens (tertiary/aromatic N) is 1. The Hall–Kier alpha value is -1.35. The molecule has 16 heavy (non-hydrogen) atoms. The van der Waals surface area contributed by atoms with E-state index in [4.69, 9.17) is 4.52 Å². The predicted molar refractivity (Wildman–Crippen MR) is 68.5 cm³/mol. The van der Waals surface area contributed by atoms with Crippen LogP contribution < -0.4 is 5.19 Å². The highest BCUT2D eigenvalue weighted by atomic mass is 28.3. The Morgan fingerprint density at radius 3 is 2.44 bits per heavy atom. The van der Waals surface area contributed by atoms with Crippen molar-refractivity contribution in [3.63, 3.8) is 0 Å². The highest BCUT2D eigenvalue weighted by Gasteiger charge is 2.25. The molecule has 0 spiro atoms. The molecule has 0 amide bonds. The second-order valence-electron chi connectivity index (χ2n) is 4.86. The molecule has 0 N–H and O–H groups in total. The third kappa shape index (κ3) is 2.42. The van der Waals surface area contributed by atoms with E-state index >= 15 is 0 Å². The standard InChI is InChI=1S/C13H17NOSi/c1-11-9-12(15-14-11)10-16(2,3)13-7-5-4-6-8-13/h4-9H,10H2,1-3H3. The molecule has 0 unspecified atom stereocenters.